The molecule has 1 aliphatic heterocycles. The molecule has 168 valence electrons. The molecule has 31 heavy (non-hydrogen) atoms. The Morgan fingerprint density at radius 3 is 1.61 bits per heavy atom. The van der Waals surface area contributed by atoms with Crippen LogP contribution in [0.25, 0.3) is 10.8 Å². The molecule has 5 nitrogen and oxygen atoms in total. The summed E-state index contributed by atoms with van der Waals surface area (Å²) < 4.78 is 0. The van der Waals surface area contributed by atoms with Crippen LogP contribution in [0.1, 0.15) is 59.2 Å². The van der Waals surface area contributed by atoms with Crippen molar-refractivity contribution in [3.05, 3.63) is 47.5 Å². The second kappa shape index (κ2) is 8.10. The van der Waals surface area contributed by atoms with Crippen LogP contribution < -0.4 is 0 Å². The molecule has 0 unspecified atom stereocenters. The van der Waals surface area contributed by atoms with Crippen molar-refractivity contribution in [3.8, 4) is 0 Å². The summed E-state index contributed by atoms with van der Waals surface area (Å²) in [6.45, 7) is 0. The van der Waals surface area contributed by atoms with Gasteiger partial charge < -0.3 is 10.2 Å². The Morgan fingerprint density at radius 2 is 1.23 bits per heavy atom. The molecule has 2 aromatic carbocycles. The van der Waals surface area contributed by atoms with Crippen molar-refractivity contribution < 1.29 is 58.8 Å². The maximum atomic E-state index is 13.4. The number of nitrogens with zero attached hydrogens (tertiary/aromatic N) is 1. The standard InChI is InChI=1S/C24H25NO4.2Rh/c26-21-18-8-16-3-1-2-4-17(16)9-19(18)22(27)25(21)20(23(28)29)24-10-13-5-14(11-24)7-15(6-13)12-24;;/h1-4,8-9,13-15,20,23,28-29H,5-7,10-12H2;;/t13?,14?,15?,20-,24?;;/m1../s1. The average Bonchev–Trinajstić information content (AvgIpc) is 2.90. The molecule has 0 aromatic heterocycles. The largest absolute Gasteiger partial charge is 0.366 e. The third kappa shape index (κ3) is 3.39. The van der Waals surface area contributed by atoms with Crippen molar-refractivity contribution in [1.82, 2.24) is 4.90 Å². The number of aliphatic hydroxyl groups excluding tert-OH is 1. The van der Waals surface area contributed by atoms with Gasteiger partial charge in [-0.1, -0.05) is 24.3 Å². The quantitative estimate of drug-likeness (QED) is 0.324. The monoisotopic (exact) mass is 597 g/mol. The van der Waals surface area contributed by atoms with Crippen LogP contribution in [0.4, 0.5) is 0 Å². The van der Waals surface area contributed by atoms with Crippen LogP contribution >= 0.6 is 0 Å². The number of benzene rings is 2. The smallest absolute Gasteiger partial charge is 0.262 e. The van der Waals surface area contributed by atoms with Gasteiger partial charge in [0.25, 0.3) is 11.8 Å². The van der Waals surface area contributed by atoms with E-state index in [1.54, 1.807) is 12.1 Å². The van der Waals surface area contributed by atoms with Crippen molar-refractivity contribution >= 4 is 22.6 Å². The summed E-state index contributed by atoms with van der Waals surface area (Å²) in [4.78, 5) is 27.9. The number of aliphatic hydroxyl groups is 2. The van der Waals surface area contributed by atoms with Gasteiger partial charge in [0.1, 0.15) is 0 Å². The predicted octanol–water partition coefficient (Wildman–Crippen LogP) is 3.33. The minimum Gasteiger partial charge on any atom is -0.366 e. The zero-order chi connectivity index (χ0) is 19.9. The van der Waals surface area contributed by atoms with Crippen LogP contribution in [0.3, 0.4) is 0 Å². The predicted molar refractivity (Wildman–Crippen MR) is 107 cm³/mol. The van der Waals surface area contributed by atoms with Crippen LogP contribution in [-0.4, -0.2) is 39.3 Å². The van der Waals surface area contributed by atoms with Gasteiger partial charge in [0.15, 0.2) is 6.29 Å². The minimum absolute atomic E-state index is 0. The van der Waals surface area contributed by atoms with Crippen molar-refractivity contribution in [1.29, 1.82) is 0 Å². The fraction of sp³-hybridized carbons (Fsp3) is 0.500. The maximum Gasteiger partial charge on any atom is 0.262 e. The van der Waals surface area contributed by atoms with Gasteiger partial charge in [-0.15, -0.1) is 0 Å². The van der Waals surface area contributed by atoms with Crippen molar-refractivity contribution in [2.24, 2.45) is 23.2 Å². The number of carbonyl (C=O) groups is 2. The zero-order valence-electron chi connectivity index (χ0n) is 16.9. The first-order valence-electron chi connectivity index (χ1n) is 10.7. The van der Waals surface area contributed by atoms with Gasteiger partial charge in [0.2, 0.25) is 0 Å². The van der Waals surface area contributed by atoms with Gasteiger partial charge in [0.05, 0.1) is 17.2 Å². The van der Waals surface area contributed by atoms with E-state index < -0.39 is 12.3 Å². The Bertz CT molecular complexity index is 963. The number of rotatable bonds is 3. The normalized spacial score (nSPS) is 31.6. The van der Waals surface area contributed by atoms with Crippen molar-refractivity contribution in [2.45, 2.75) is 50.9 Å². The number of fused-ring (bicyclic) bond motifs is 2. The molecule has 7 heteroatoms. The second-order valence-electron chi connectivity index (χ2n) is 9.86. The molecule has 2 radical (unpaired) electrons. The molecule has 2 amide bonds. The Hall–Kier alpha value is -0.993. The molecule has 2 N–H and O–H groups in total. The van der Waals surface area contributed by atoms with E-state index in [-0.39, 0.29) is 56.2 Å². The van der Waals surface area contributed by atoms with Crippen LogP contribution in [0.2, 0.25) is 0 Å². The molecule has 0 spiro atoms. The minimum atomic E-state index is -1.72. The average molecular weight is 597 g/mol. The molecule has 1 heterocycles. The van der Waals surface area contributed by atoms with Crippen LogP contribution in [0.5, 0.6) is 0 Å². The molecular formula is C24H25NO4Rh2. The molecule has 1 atom stereocenters. The molecule has 0 saturated heterocycles. The van der Waals surface area contributed by atoms with E-state index in [1.807, 2.05) is 24.3 Å². The molecule has 7 rings (SSSR count). The van der Waals surface area contributed by atoms with Crippen molar-refractivity contribution in [3.63, 3.8) is 0 Å². The number of hydrogen-bond acceptors (Lipinski definition) is 4. The van der Waals surface area contributed by atoms with E-state index in [1.165, 1.54) is 24.2 Å². The first-order chi connectivity index (χ1) is 13.9. The summed E-state index contributed by atoms with van der Waals surface area (Å²) >= 11 is 0. The van der Waals surface area contributed by atoms with E-state index in [4.69, 9.17) is 0 Å². The third-order valence-corrected chi connectivity index (χ3v) is 8.06. The van der Waals surface area contributed by atoms with Gasteiger partial charge in [-0.2, -0.15) is 0 Å². The SMILES string of the molecule is O=C1c2cc3ccccc3cc2C(=O)N1[C@H](C(O)O)C12CC3CC(CC(C3)C1)C2.[Rh].[Rh]. The fourth-order valence-corrected chi connectivity index (χ4v) is 7.46. The molecule has 5 aliphatic rings. The summed E-state index contributed by atoms with van der Waals surface area (Å²) in [6, 6.07) is 10.3. The molecule has 4 fully saturated rings. The number of carbonyl (C=O) groups excluding carboxylic acids is 2. The Labute approximate surface area is 207 Å². The topological polar surface area (TPSA) is 77.8 Å². The van der Waals surface area contributed by atoms with E-state index >= 15 is 0 Å². The van der Waals surface area contributed by atoms with Crippen LogP contribution in [0, 0.1) is 23.2 Å². The maximum absolute atomic E-state index is 13.4. The summed E-state index contributed by atoms with van der Waals surface area (Å²) in [7, 11) is 0. The molecule has 4 bridgehead atoms. The summed E-state index contributed by atoms with van der Waals surface area (Å²) in [5, 5.41) is 22.7. The van der Waals surface area contributed by atoms with Crippen LogP contribution in [-0.2, 0) is 39.0 Å². The summed E-state index contributed by atoms with van der Waals surface area (Å²) in [5.74, 6) is 0.981. The van der Waals surface area contributed by atoms with Gasteiger partial charge in [-0.05, 0) is 84.6 Å². The summed E-state index contributed by atoms with van der Waals surface area (Å²) in [5.41, 5.74) is 0.392. The number of imide groups is 1. The Kier molecular flexibility index (Phi) is 6.05. The first-order valence-corrected chi connectivity index (χ1v) is 10.7. The zero-order valence-corrected chi connectivity index (χ0v) is 20.2. The second-order valence-corrected chi connectivity index (χ2v) is 9.86. The summed E-state index contributed by atoms with van der Waals surface area (Å²) in [6.07, 6.45) is 4.57. The van der Waals surface area contributed by atoms with Gasteiger partial charge in [-0.3, -0.25) is 14.5 Å². The van der Waals surface area contributed by atoms with E-state index in [0.29, 0.717) is 28.9 Å². The van der Waals surface area contributed by atoms with Gasteiger partial charge in [0, 0.05) is 39.0 Å². The number of amides is 2. The Morgan fingerprint density at radius 1 is 0.806 bits per heavy atom. The fourth-order valence-electron chi connectivity index (χ4n) is 7.46. The first kappa shape index (κ1) is 23.2. The van der Waals surface area contributed by atoms with Gasteiger partial charge >= 0.3 is 0 Å². The Balaban J connectivity index is 0.00000116. The van der Waals surface area contributed by atoms with Gasteiger partial charge in [-0.25, -0.2) is 0 Å². The van der Waals surface area contributed by atoms with Crippen molar-refractivity contribution in [2.75, 3.05) is 0 Å². The van der Waals surface area contributed by atoms with Crippen LogP contribution in [0.15, 0.2) is 36.4 Å². The molecule has 4 aliphatic carbocycles. The van der Waals surface area contributed by atoms with E-state index in [2.05, 4.69) is 0 Å². The molecule has 2 aromatic rings. The number of hydrogen-bond donors (Lipinski definition) is 2. The molecular weight excluding hydrogens is 572 g/mol. The van der Waals surface area contributed by atoms with E-state index in [9.17, 15) is 19.8 Å². The van der Waals surface area contributed by atoms with E-state index in [0.717, 1.165) is 30.0 Å². The third-order valence-electron chi connectivity index (χ3n) is 8.06. The molecule has 4 saturated carbocycles.